The number of hydrogen-bond acceptors (Lipinski definition) is 3. The van der Waals surface area contributed by atoms with Crippen molar-refractivity contribution in [2.75, 3.05) is 0 Å². The van der Waals surface area contributed by atoms with Crippen molar-refractivity contribution in [3.8, 4) is 5.75 Å². The molecule has 0 saturated heterocycles. The zero-order valence-electron chi connectivity index (χ0n) is 9.00. The Morgan fingerprint density at radius 1 is 1.24 bits per heavy atom. The van der Waals surface area contributed by atoms with E-state index in [9.17, 15) is 9.90 Å². The maximum atomic E-state index is 10.9. The lowest BCUT2D eigenvalue weighted by Crippen LogP contribution is -1.81. The largest absolute Gasteiger partial charge is 0.505 e. The highest BCUT2D eigenvalue weighted by Crippen LogP contribution is 2.34. The van der Waals surface area contributed by atoms with Crippen LogP contribution in [0.1, 0.15) is 0 Å². The van der Waals surface area contributed by atoms with Crippen LogP contribution in [0.15, 0.2) is 59.3 Å². The van der Waals surface area contributed by atoms with Crippen LogP contribution in [-0.2, 0) is 4.79 Å². The molecular formula is C13H10N2O2. The number of rotatable bonds is 2. The Morgan fingerprint density at radius 3 is 2.76 bits per heavy atom. The van der Waals surface area contributed by atoms with Crippen molar-refractivity contribution in [1.82, 2.24) is 0 Å². The molecule has 0 radical (unpaired) electrons. The third kappa shape index (κ3) is 2.20. The summed E-state index contributed by atoms with van der Waals surface area (Å²) in [5.74, 6) is -0.527. The van der Waals surface area contributed by atoms with Crippen LogP contribution in [0.2, 0.25) is 0 Å². The molecule has 0 aliphatic carbocycles. The Labute approximate surface area is 97.9 Å². The number of phenols is 1. The summed E-state index contributed by atoms with van der Waals surface area (Å²) in [5, 5.41) is 18.6. The molecule has 2 aromatic rings. The average molecular weight is 226 g/mol. The Bertz CT molecular complexity index is 618. The molecule has 0 aliphatic heterocycles. The molecule has 0 spiro atoms. The summed E-state index contributed by atoms with van der Waals surface area (Å²) in [6.45, 7) is 3.28. The van der Waals surface area contributed by atoms with Crippen LogP contribution in [0.5, 0.6) is 5.75 Å². The number of aromatic hydroxyl groups is 1. The Hall–Kier alpha value is -2.49. The highest BCUT2D eigenvalue weighted by Gasteiger charge is 2.05. The van der Waals surface area contributed by atoms with Crippen molar-refractivity contribution >= 4 is 22.4 Å². The van der Waals surface area contributed by atoms with E-state index >= 15 is 0 Å². The van der Waals surface area contributed by atoms with E-state index in [1.54, 1.807) is 12.1 Å². The summed E-state index contributed by atoms with van der Waals surface area (Å²) in [6, 6.07) is 10.8. The van der Waals surface area contributed by atoms with Crippen LogP contribution in [0, 0.1) is 0 Å². The van der Waals surface area contributed by atoms with E-state index in [0.29, 0.717) is 5.39 Å². The SMILES string of the molecule is C=CC(=O)N=Nc1ccc2ccccc2c1O. The summed E-state index contributed by atoms with van der Waals surface area (Å²) in [6.07, 6.45) is 1.06. The van der Waals surface area contributed by atoms with Gasteiger partial charge in [-0.3, -0.25) is 4.79 Å². The van der Waals surface area contributed by atoms with Gasteiger partial charge in [0.1, 0.15) is 5.69 Å². The molecule has 2 aromatic carbocycles. The van der Waals surface area contributed by atoms with Gasteiger partial charge in [0.05, 0.1) is 0 Å². The second-order valence-electron chi connectivity index (χ2n) is 3.40. The van der Waals surface area contributed by atoms with Crippen molar-refractivity contribution in [2.45, 2.75) is 0 Å². The van der Waals surface area contributed by atoms with Gasteiger partial charge in [-0.05, 0) is 17.5 Å². The number of benzene rings is 2. The minimum atomic E-state index is -0.544. The molecule has 0 fully saturated rings. The van der Waals surface area contributed by atoms with Crippen molar-refractivity contribution in [3.63, 3.8) is 0 Å². The summed E-state index contributed by atoms with van der Waals surface area (Å²) in [5.41, 5.74) is 0.263. The molecule has 2 rings (SSSR count). The Morgan fingerprint density at radius 2 is 2.00 bits per heavy atom. The van der Waals surface area contributed by atoms with Crippen LogP contribution >= 0.6 is 0 Å². The number of fused-ring (bicyclic) bond motifs is 1. The molecule has 1 amide bonds. The number of nitrogens with zero attached hydrogens (tertiary/aromatic N) is 2. The number of carbonyl (C=O) groups excluding carboxylic acids is 1. The molecule has 17 heavy (non-hydrogen) atoms. The maximum absolute atomic E-state index is 10.9. The zero-order chi connectivity index (χ0) is 12.3. The van der Waals surface area contributed by atoms with E-state index in [2.05, 4.69) is 16.8 Å². The van der Waals surface area contributed by atoms with Gasteiger partial charge in [0, 0.05) is 5.39 Å². The van der Waals surface area contributed by atoms with Crippen molar-refractivity contribution in [2.24, 2.45) is 10.2 Å². The zero-order valence-corrected chi connectivity index (χ0v) is 9.00. The van der Waals surface area contributed by atoms with E-state index in [-0.39, 0.29) is 11.4 Å². The summed E-state index contributed by atoms with van der Waals surface area (Å²) in [4.78, 5) is 10.9. The standard InChI is InChI=1S/C13H10N2O2/c1-2-12(16)15-14-11-8-7-9-5-3-4-6-10(9)13(11)17/h2-8,17H,1H2. The van der Waals surface area contributed by atoms with E-state index in [1.165, 1.54) is 0 Å². The van der Waals surface area contributed by atoms with Crippen molar-refractivity contribution in [3.05, 3.63) is 49.1 Å². The lowest BCUT2D eigenvalue weighted by atomic mass is 10.1. The van der Waals surface area contributed by atoms with Gasteiger partial charge >= 0.3 is 0 Å². The number of hydrogen-bond donors (Lipinski definition) is 1. The fourth-order valence-electron chi connectivity index (χ4n) is 1.47. The Kier molecular flexibility index (Phi) is 2.96. The Balaban J connectivity index is 2.49. The number of amides is 1. The average Bonchev–Trinajstić information content (AvgIpc) is 2.38. The molecule has 0 aromatic heterocycles. The fourth-order valence-corrected chi connectivity index (χ4v) is 1.47. The van der Waals surface area contributed by atoms with Gasteiger partial charge in [0.15, 0.2) is 5.75 Å². The van der Waals surface area contributed by atoms with Gasteiger partial charge in [-0.2, -0.15) is 0 Å². The third-order valence-electron chi connectivity index (χ3n) is 2.31. The van der Waals surface area contributed by atoms with E-state index < -0.39 is 5.91 Å². The van der Waals surface area contributed by atoms with Crippen LogP contribution in [0.25, 0.3) is 10.8 Å². The van der Waals surface area contributed by atoms with Gasteiger partial charge < -0.3 is 5.11 Å². The first kappa shape index (κ1) is 11.0. The monoisotopic (exact) mass is 226 g/mol. The van der Waals surface area contributed by atoms with E-state index in [0.717, 1.165) is 11.5 Å². The van der Waals surface area contributed by atoms with Gasteiger partial charge in [-0.25, -0.2) is 0 Å². The van der Waals surface area contributed by atoms with Crippen LogP contribution in [0.4, 0.5) is 5.69 Å². The molecule has 1 N–H and O–H groups in total. The lowest BCUT2D eigenvalue weighted by molar-refractivity contribution is -0.113. The van der Waals surface area contributed by atoms with Gasteiger partial charge in [-0.1, -0.05) is 36.9 Å². The van der Waals surface area contributed by atoms with Gasteiger partial charge in [0.25, 0.3) is 5.91 Å². The second-order valence-corrected chi connectivity index (χ2v) is 3.40. The minimum absolute atomic E-state index is 0.0173. The van der Waals surface area contributed by atoms with E-state index in [4.69, 9.17) is 0 Å². The minimum Gasteiger partial charge on any atom is -0.505 e. The van der Waals surface area contributed by atoms with Gasteiger partial charge in [0.2, 0.25) is 0 Å². The van der Waals surface area contributed by atoms with Crippen molar-refractivity contribution < 1.29 is 9.90 Å². The quantitative estimate of drug-likeness (QED) is 0.630. The first-order valence-electron chi connectivity index (χ1n) is 5.01. The molecule has 0 saturated carbocycles. The third-order valence-corrected chi connectivity index (χ3v) is 2.31. The highest BCUT2D eigenvalue weighted by molar-refractivity contribution is 5.92. The topological polar surface area (TPSA) is 62.0 Å². The molecule has 4 heteroatoms. The van der Waals surface area contributed by atoms with Crippen LogP contribution < -0.4 is 0 Å². The summed E-state index contributed by atoms with van der Waals surface area (Å²) in [7, 11) is 0. The van der Waals surface area contributed by atoms with Crippen LogP contribution in [0.3, 0.4) is 0 Å². The molecule has 4 nitrogen and oxygen atoms in total. The molecule has 0 heterocycles. The fraction of sp³-hybridized carbons (Fsp3) is 0. The van der Waals surface area contributed by atoms with Crippen molar-refractivity contribution in [1.29, 1.82) is 0 Å². The van der Waals surface area contributed by atoms with E-state index in [1.807, 2.05) is 24.3 Å². The number of phenolic OH excluding ortho intramolecular Hbond substituents is 1. The summed E-state index contributed by atoms with van der Waals surface area (Å²) < 4.78 is 0. The summed E-state index contributed by atoms with van der Waals surface area (Å²) >= 11 is 0. The lowest BCUT2D eigenvalue weighted by Gasteiger charge is -2.02. The first-order chi connectivity index (χ1) is 8.22. The molecule has 84 valence electrons. The first-order valence-corrected chi connectivity index (χ1v) is 5.01. The second kappa shape index (κ2) is 4.57. The molecule has 0 bridgehead atoms. The highest BCUT2D eigenvalue weighted by atomic mass is 16.3. The molecular weight excluding hydrogens is 216 g/mol. The number of azo groups is 1. The molecule has 0 atom stereocenters. The number of carbonyl (C=O) groups is 1. The molecule has 0 unspecified atom stereocenters. The smallest absolute Gasteiger partial charge is 0.287 e. The normalized spacial score (nSPS) is 10.8. The maximum Gasteiger partial charge on any atom is 0.287 e. The van der Waals surface area contributed by atoms with Gasteiger partial charge in [-0.15, -0.1) is 10.2 Å². The predicted molar refractivity (Wildman–Crippen MR) is 65.3 cm³/mol. The predicted octanol–water partition coefficient (Wildman–Crippen LogP) is 3.34. The van der Waals surface area contributed by atoms with Crippen LogP contribution in [-0.4, -0.2) is 11.0 Å². The molecule has 0 aliphatic rings.